The normalized spacial score (nSPS) is 13.6. The smallest absolute Gasteiger partial charge is 0.488 e. The van der Waals surface area contributed by atoms with E-state index in [-0.39, 0.29) is 10.9 Å². The summed E-state index contributed by atoms with van der Waals surface area (Å²) in [5.41, 5.74) is -4.91. The highest BCUT2D eigenvalue weighted by Crippen LogP contribution is 2.47. The monoisotopic (exact) mass is 1110 g/mol. The molecule has 400 valence electrons. The standard InChI is InChI=1S/C29H28F3NO3.C23H23BrF3NO3.C6H7BO2/c1-27(2,23-17-21(13-14-26(23)36-3)20-9-5-4-6-10-20)18-28(35,29(30,31)32)19-33-16-15-25(34)22-11-7-8-12-24(22)33;1-21(2,17-12-15(24)8-9-20(17)31-3)13-22(30,23(25,26)27)14-28-11-10-19(29)16-6-4-5-7-18(16)28;8-7(9)6-4-2-1-3-5-6/h4-17,35H,18-19H2,1-3H3;4-12,30H,13-14H2,1-3H3;1-5,8-9H. The number of halogens is 7. The molecule has 0 saturated heterocycles. The Morgan fingerprint density at radius 3 is 1.32 bits per heavy atom. The molecule has 0 spiro atoms. The summed E-state index contributed by atoms with van der Waals surface area (Å²) in [6, 6.07) is 44.0. The molecule has 2 atom stereocenters. The molecule has 2 heterocycles. The molecule has 76 heavy (non-hydrogen) atoms. The fourth-order valence-electron chi connectivity index (χ4n) is 9.39. The van der Waals surface area contributed by atoms with E-state index >= 15 is 0 Å². The maximum Gasteiger partial charge on any atom is 0.488 e. The zero-order valence-electron chi connectivity index (χ0n) is 42.5. The lowest BCUT2D eigenvalue weighted by atomic mass is 9.73. The van der Waals surface area contributed by atoms with Gasteiger partial charge in [-0.25, -0.2) is 0 Å². The third-order valence-electron chi connectivity index (χ3n) is 13.2. The Morgan fingerprint density at radius 1 is 0.513 bits per heavy atom. The van der Waals surface area contributed by atoms with Crippen LogP contribution in [-0.4, -0.2) is 74.3 Å². The molecule has 0 radical (unpaired) electrons. The average molecular weight is 1120 g/mol. The van der Waals surface area contributed by atoms with Crippen molar-refractivity contribution in [2.24, 2.45) is 0 Å². The molecule has 0 aliphatic rings. The Balaban J connectivity index is 0.000000213. The van der Waals surface area contributed by atoms with Crippen LogP contribution >= 0.6 is 15.9 Å². The Morgan fingerprint density at radius 2 is 0.908 bits per heavy atom. The fourth-order valence-corrected chi connectivity index (χ4v) is 9.75. The zero-order chi connectivity index (χ0) is 55.9. The Hall–Kier alpha value is -6.70. The van der Waals surface area contributed by atoms with Crippen LogP contribution in [0, 0.1) is 0 Å². The van der Waals surface area contributed by atoms with E-state index < -0.39 is 67.4 Å². The molecule has 6 aromatic carbocycles. The highest BCUT2D eigenvalue weighted by Gasteiger charge is 2.57. The SMILES string of the molecule is COc1ccc(-c2ccccc2)cc1C(C)(C)CC(O)(Cn1ccc(=O)c2ccccc21)C(F)(F)F.COc1ccc(Br)cc1C(C)(C)CC(O)(Cn1ccc(=O)c2ccccc21)C(F)(F)F.OB(O)c1ccccc1. The Bertz CT molecular complexity index is 3370. The number of hydrogen-bond acceptors (Lipinski definition) is 8. The summed E-state index contributed by atoms with van der Waals surface area (Å²) in [4.78, 5) is 24.3. The Labute approximate surface area is 444 Å². The van der Waals surface area contributed by atoms with E-state index in [9.17, 15) is 46.1 Å². The molecule has 0 fully saturated rings. The highest BCUT2D eigenvalue weighted by molar-refractivity contribution is 9.10. The number of ether oxygens (including phenoxy) is 2. The molecule has 0 aliphatic heterocycles. The first kappa shape index (κ1) is 58.6. The van der Waals surface area contributed by atoms with Gasteiger partial charge in [0, 0.05) is 50.9 Å². The van der Waals surface area contributed by atoms with Crippen molar-refractivity contribution in [2.45, 2.75) is 88.0 Å². The lowest BCUT2D eigenvalue weighted by Crippen LogP contribution is -2.52. The molecule has 0 aliphatic carbocycles. The third kappa shape index (κ3) is 13.6. The van der Waals surface area contributed by atoms with Crippen LogP contribution in [0.2, 0.25) is 0 Å². The van der Waals surface area contributed by atoms with Gasteiger partial charge in [0.2, 0.25) is 0 Å². The number of methoxy groups -OCH3 is 2. The van der Waals surface area contributed by atoms with Crippen LogP contribution in [-0.2, 0) is 23.9 Å². The minimum atomic E-state index is -4.93. The predicted molar refractivity (Wildman–Crippen MR) is 289 cm³/mol. The predicted octanol–water partition coefficient (Wildman–Crippen LogP) is 11.1. The second-order valence-corrected chi connectivity index (χ2v) is 20.7. The lowest BCUT2D eigenvalue weighted by molar-refractivity contribution is -0.271. The second-order valence-electron chi connectivity index (χ2n) is 19.7. The van der Waals surface area contributed by atoms with Crippen molar-refractivity contribution in [2.75, 3.05) is 14.2 Å². The second kappa shape index (κ2) is 23.7. The minimum Gasteiger partial charge on any atom is -0.496 e. The number of rotatable bonds is 14. The molecule has 2 unspecified atom stereocenters. The van der Waals surface area contributed by atoms with Gasteiger partial charge in [-0.2, -0.15) is 26.3 Å². The third-order valence-corrected chi connectivity index (χ3v) is 13.7. The molecule has 0 amide bonds. The first-order chi connectivity index (χ1) is 35.6. The minimum absolute atomic E-state index is 0.290. The average Bonchev–Trinajstić information content (AvgIpc) is 3.38. The zero-order valence-corrected chi connectivity index (χ0v) is 44.1. The van der Waals surface area contributed by atoms with Crippen molar-refractivity contribution in [1.82, 2.24) is 9.13 Å². The van der Waals surface area contributed by atoms with Gasteiger partial charge in [-0.1, -0.05) is 135 Å². The van der Waals surface area contributed by atoms with Crippen molar-refractivity contribution < 1.29 is 56.1 Å². The summed E-state index contributed by atoms with van der Waals surface area (Å²) in [7, 11) is 1.58. The van der Waals surface area contributed by atoms with E-state index in [1.165, 1.54) is 47.9 Å². The van der Waals surface area contributed by atoms with Crippen LogP contribution in [0.3, 0.4) is 0 Å². The van der Waals surface area contributed by atoms with Crippen molar-refractivity contribution in [3.63, 3.8) is 0 Å². The summed E-state index contributed by atoms with van der Waals surface area (Å²) in [6.07, 6.45) is -8.50. The number of benzene rings is 6. The quantitative estimate of drug-likeness (QED) is 0.0623. The molecule has 8 aromatic rings. The summed E-state index contributed by atoms with van der Waals surface area (Å²) in [5.74, 6) is 0.879. The van der Waals surface area contributed by atoms with Gasteiger partial charge in [0.1, 0.15) is 11.5 Å². The summed E-state index contributed by atoms with van der Waals surface area (Å²) >= 11 is 3.35. The van der Waals surface area contributed by atoms with Gasteiger partial charge in [-0.3, -0.25) is 9.59 Å². The van der Waals surface area contributed by atoms with E-state index in [1.54, 1.807) is 125 Å². The van der Waals surface area contributed by atoms with E-state index in [1.807, 2.05) is 48.5 Å². The molecule has 0 bridgehead atoms. The number of fused-ring (bicyclic) bond motifs is 2. The number of nitrogens with zero attached hydrogens (tertiary/aromatic N) is 2. The number of hydrogen-bond donors (Lipinski definition) is 4. The van der Waals surface area contributed by atoms with Gasteiger partial charge in [-0.05, 0) is 94.9 Å². The first-order valence-electron chi connectivity index (χ1n) is 23.9. The lowest BCUT2D eigenvalue weighted by Gasteiger charge is -2.39. The molecule has 18 heteroatoms. The van der Waals surface area contributed by atoms with Crippen LogP contribution in [0.15, 0.2) is 184 Å². The largest absolute Gasteiger partial charge is 0.496 e. The van der Waals surface area contributed by atoms with Crippen LogP contribution in [0.5, 0.6) is 11.5 Å². The molecule has 10 nitrogen and oxygen atoms in total. The van der Waals surface area contributed by atoms with Crippen LogP contribution in [0.25, 0.3) is 32.9 Å². The molecule has 0 saturated carbocycles. The van der Waals surface area contributed by atoms with E-state index in [0.717, 1.165) is 11.1 Å². The molecular formula is C58H58BBrF6N2O8. The van der Waals surface area contributed by atoms with Gasteiger partial charge in [0.25, 0.3) is 0 Å². The van der Waals surface area contributed by atoms with Gasteiger partial charge in [-0.15, -0.1) is 0 Å². The van der Waals surface area contributed by atoms with Crippen molar-refractivity contribution >= 4 is 50.3 Å². The first-order valence-corrected chi connectivity index (χ1v) is 24.7. The van der Waals surface area contributed by atoms with Crippen LogP contribution in [0.4, 0.5) is 26.3 Å². The molecule has 2 aromatic heterocycles. The van der Waals surface area contributed by atoms with E-state index in [2.05, 4.69) is 15.9 Å². The number of aliphatic hydroxyl groups is 2. The number of para-hydroxylation sites is 2. The van der Waals surface area contributed by atoms with E-state index in [0.29, 0.717) is 54.4 Å². The van der Waals surface area contributed by atoms with Crippen molar-refractivity contribution in [3.8, 4) is 22.6 Å². The molecular weight excluding hydrogens is 1060 g/mol. The van der Waals surface area contributed by atoms with Crippen molar-refractivity contribution in [1.29, 1.82) is 0 Å². The highest BCUT2D eigenvalue weighted by atomic mass is 79.9. The summed E-state index contributed by atoms with van der Waals surface area (Å²) in [6.45, 7) is 5.09. The summed E-state index contributed by atoms with van der Waals surface area (Å²) in [5, 5.41) is 39.9. The maximum absolute atomic E-state index is 14.5. The molecule has 4 N–H and O–H groups in total. The topological polar surface area (TPSA) is 143 Å². The number of aromatic nitrogens is 2. The number of pyridine rings is 2. The Kier molecular flexibility index (Phi) is 18.2. The summed E-state index contributed by atoms with van der Waals surface area (Å²) < 4.78 is 100. The fraction of sp³-hybridized carbons (Fsp3) is 0.276. The van der Waals surface area contributed by atoms with Crippen LogP contribution < -0.4 is 25.8 Å². The van der Waals surface area contributed by atoms with E-state index in [4.69, 9.17) is 19.5 Å². The van der Waals surface area contributed by atoms with Crippen LogP contribution in [0.1, 0.15) is 51.7 Å². The van der Waals surface area contributed by atoms with Gasteiger partial charge in [0.15, 0.2) is 22.1 Å². The van der Waals surface area contributed by atoms with Gasteiger partial charge < -0.3 is 38.9 Å². The number of alkyl halides is 6. The molecule has 8 rings (SSSR count). The maximum atomic E-state index is 14.5. The van der Waals surface area contributed by atoms with Crippen molar-refractivity contribution in [3.05, 3.63) is 206 Å². The van der Waals surface area contributed by atoms with Gasteiger partial charge >= 0.3 is 19.5 Å². The van der Waals surface area contributed by atoms with Gasteiger partial charge in [0.05, 0.1) is 38.3 Å².